The maximum Gasteiger partial charge on any atom is 0.0947 e. The van der Waals surface area contributed by atoms with Gasteiger partial charge in [0.15, 0.2) is 0 Å². The molecule has 3 heterocycles. The van der Waals surface area contributed by atoms with Crippen LogP contribution < -0.4 is 5.32 Å². The Bertz CT molecular complexity index is 376. The number of nitrogens with one attached hydrogen (secondary N) is 1. The van der Waals surface area contributed by atoms with Crippen molar-refractivity contribution in [1.29, 1.82) is 0 Å². The van der Waals surface area contributed by atoms with E-state index in [-0.39, 0.29) is 0 Å². The summed E-state index contributed by atoms with van der Waals surface area (Å²) < 4.78 is 10.5. The molecule has 0 aromatic carbocycles. The molecule has 20 heavy (non-hydrogen) atoms. The molecule has 1 aromatic heterocycles. The Balaban J connectivity index is 1.31. The monoisotopic (exact) mass is 279 g/mol. The Morgan fingerprint density at radius 2 is 2.15 bits per heavy atom. The lowest BCUT2D eigenvalue weighted by Crippen LogP contribution is -2.45. The molecular weight excluding hydrogens is 254 g/mol. The summed E-state index contributed by atoms with van der Waals surface area (Å²) in [5, 5.41) is 3.47. The Hall–Kier alpha value is -0.880. The Labute approximate surface area is 120 Å². The van der Waals surface area contributed by atoms with Gasteiger partial charge < -0.3 is 19.4 Å². The van der Waals surface area contributed by atoms with Crippen LogP contribution in [0.2, 0.25) is 0 Å². The lowest BCUT2D eigenvalue weighted by molar-refractivity contribution is 0.0185. The number of likely N-dealkylation sites (tertiary alicyclic amines) is 1. The van der Waals surface area contributed by atoms with Gasteiger partial charge in [0, 0.05) is 50.9 Å². The second-order valence-electron chi connectivity index (χ2n) is 5.70. The molecule has 0 spiro atoms. The van der Waals surface area contributed by atoms with Crippen LogP contribution in [0.25, 0.3) is 0 Å². The van der Waals surface area contributed by atoms with Crippen LogP contribution in [-0.2, 0) is 11.3 Å². The molecule has 0 bridgehead atoms. The van der Waals surface area contributed by atoms with Gasteiger partial charge in [-0.1, -0.05) is 0 Å². The fourth-order valence-corrected chi connectivity index (χ4v) is 3.12. The fraction of sp³-hybridized carbons (Fsp3) is 0.733. The highest BCUT2D eigenvalue weighted by Gasteiger charge is 2.28. The number of morpholine rings is 1. The van der Waals surface area contributed by atoms with Crippen molar-refractivity contribution >= 4 is 0 Å². The lowest BCUT2D eigenvalue weighted by Gasteiger charge is -2.32. The molecule has 0 saturated carbocycles. The van der Waals surface area contributed by atoms with E-state index in [0.717, 1.165) is 52.0 Å². The number of nitrogens with zero attached hydrogens (tertiary/aromatic N) is 2. The third-order valence-corrected chi connectivity index (χ3v) is 4.32. The van der Waals surface area contributed by atoms with Gasteiger partial charge in [-0.25, -0.2) is 0 Å². The van der Waals surface area contributed by atoms with Crippen molar-refractivity contribution < 1.29 is 9.15 Å². The summed E-state index contributed by atoms with van der Waals surface area (Å²) in [6, 6.07) is 2.75. The molecule has 1 atom stereocenters. The third kappa shape index (κ3) is 3.82. The van der Waals surface area contributed by atoms with Crippen molar-refractivity contribution in [3.05, 3.63) is 24.2 Å². The van der Waals surface area contributed by atoms with E-state index < -0.39 is 0 Å². The zero-order chi connectivity index (χ0) is 13.6. The molecule has 2 aliphatic rings. The quantitative estimate of drug-likeness (QED) is 0.779. The minimum absolute atomic E-state index is 0.743. The summed E-state index contributed by atoms with van der Waals surface area (Å²) in [5.74, 6) is 0. The molecule has 112 valence electrons. The molecule has 3 rings (SSSR count). The maximum absolute atomic E-state index is 5.43. The average Bonchev–Trinajstić information content (AvgIpc) is 3.16. The van der Waals surface area contributed by atoms with E-state index in [1.54, 1.807) is 12.5 Å². The highest BCUT2D eigenvalue weighted by molar-refractivity contribution is 5.04. The van der Waals surface area contributed by atoms with Crippen molar-refractivity contribution in [2.75, 3.05) is 52.5 Å². The van der Waals surface area contributed by atoms with Crippen LogP contribution in [0.1, 0.15) is 12.0 Å². The predicted molar refractivity (Wildman–Crippen MR) is 77.7 cm³/mol. The third-order valence-electron chi connectivity index (χ3n) is 4.32. The highest BCUT2D eigenvalue weighted by Crippen LogP contribution is 2.16. The zero-order valence-corrected chi connectivity index (χ0v) is 12.1. The molecule has 1 unspecified atom stereocenters. The summed E-state index contributed by atoms with van der Waals surface area (Å²) in [4.78, 5) is 5.17. The fourth-order valence-electron chi connectivity index (χ4n) is 3.12. The molecule has 2 saturated heterocycles. The van der Waals surface area contributed by atoms with Gasteiger partial charge in [0.2, 0.25) is 0 Å². The van der Waals surface area contributed by atoms with Crippen LogP contribution in [-0.4, -0.2) is 68.3 Å². The first-order chi connectivity index (χ1) is 9.92. The molecule has 0 amide bonds. The topological polar surface area (TPSA) is 40.9 Å². The first-order valence-electron chi connectivity index (χ1n) is 7.68. The molecule has 5 nitrogen and oxygen atoms in total. The maximum atomic E-state index is 5.43. The molecule has 0 radical (unpaired) electrons. The van der Waals surface area contributed by atoms with Crippen molar-refractivity contribution in [1.82, 2.24) is 15.1 Å². The van der Waals surface area contributed by atoms with Gasteiger partial charge in [-0.05, 0) is 19.0 Å². The first kappa shape index (κ1) is 14.1. The summed E-state index contributed by atoms with van der Waals surface area (Å²) in [7, 11) is 0. The predicted octanol–water partition coefficient (Wildman–Crippen LogP) is 0.776. The Kier molecular flexibility index (Phi) is 5.08. The van der Waals surface area contributed by atoms with E-state index in [9.17, 15) is 0 Å². The molecule has 5 heteroatoms. The minimum Gasteiger partial charge on any atom is -0.472 e. The van der Waals surface area contributed by atoms with E-state index in [0.29, 0.717) is 0 Å². The van der Waals surface area contributed by atoms with Gasteiger partial charge in [-0.2, -0.15) is 0 Å². The largest absolute Gasteiger partial charge is 0.472 e. The smallest absolute Gasteiger partial charge is 0.0947 e. The van der Waals surface area contributed by atoms with Gasteiger partial charge in [-0.15, -0.1) is 0 Å². The molecular formula is C15H25N3O2. The number of hydrogen-bond acceptors (Lipinski definition) is 5. The highest BCUT2D eigenvalue weighted by atomic mass is 16.5. The van der Waals surface area contributed by atoms with Crippen molar-refractivity contribution in [3.63, 3.8) is 0 Å². The summed E-state index contributed by atoms with van der Waals surface area (Å²) in [5.41, 5.74) is 1.22. The molecule has 0 aliphatic carbocycles. The van der Waals surface area contributed by atoms with Gasteiger partial charge in [-0.3, -0.25) is 4.90 Å². The van der Waals surface area contributed by atoms with Gasteiger partial charge in [0.1, 0.15) is 0 Å². The number of hydrogen-bond donors (Lipinski definition) is 1. The van der Waals surface area contributed by atoms with Crippen LogP contribution in [0.15, 0.2) is 23.0 Å². The summed E-state index contributed by atoms with van der Waals surface area (Å²) in [6.45, 7) is 9.56. The minimum atomic E-state index is 0.743. The number of rotatable bonds is 6. The van der Waals surface area contributed by atoms with Crippen LogP contribution in [0.3, 0.4) is 0 Å². The lowest BCUT2D eigenvalue weighted by atomic mass is 10.2. The van der Waals surface area contributed by atoms with Crippen LogP contribution >= 0.6 is 0 Å². The van der Waals surface area contributed by atoms with Gasteiger partial charge >= 0.3 is 0 Å². The molecule has 1 N–H and O–H groups in total. The van der Waals surface area contributed by atoms with E-state index in [1.165, 1.54) is 25.1 Å². The number of furan rings is 1. The van der Waals surface area contributed by atoms with Crippen molar-refractivity contribution in [2.24, 2.45) is 0 Å². The van der Waals surface area contributed by atoms with Crippen molar-refractivity contribution in [2.45, 2.75) is 19.0 Å². The SMILES string of the molecule is c1cc(CNCCN2CCC(N3CCOCC3)C2)co1. The second-order valence-corrected chi connectivity index (χ2v) is 5.70. The normalized spacial score (nSPS) is 25.3. The first-order valence-corrected chi connectivity index (χ1v) is 7.68. The second kappa shape index (κ2) is 7.22. The zero-order valence-electron chi connectivity index (χ0n) is 12.1. The van der Waals surface area contributed by atoms with Crippen molar-refractivity contribution in [3.8, 4) is 0 Å². The molecule has 2 fully saturated rings. The standard InChI is InChI=1S/C15H25N3O2/c1-4-17(5-3-16-11-14-2-8-20-13-14)12-15(1)18-6-9-19-10-7-18/h2,8,13,15-16H,1,3-7,9-12H2. The molecule has 1 aromatic rings. The van der Waals surface area contributed by atoms with E-state index in [1.807, 2.05) is 6.07 Å². The van der Waals surface area contributed by atoms with Gasteiger partial charge in [0.25, 0.3) is 0 Å². The van der Waals surface area contributed by atoms with Crippen LogP contribution in [0.4, 0.5) is 0 Å². The Morgan fingerprint density at radius 3 is 2.95 bits per heavy atom. The average molecular weight is 279 g/mol. The number of ether oxygens (including phenoxy) is 1. The van der Waals surface area contributed by atoms with Crippen LogP contribution in [0.5, 0.6) is 0 Å². The summed E-state index contributed by atoms with van der Waals surface area (Å²) in [6.07, 6.45) is 4.84. The van der Waals surface area contributed by atoms with E-state index in [2.05, 4.69) is 15.1 Å². The van der Waals surface area contributed by atoms with Crippen LogP contribution in [0, 0.1) is 0 Å². The summed E-state index contributed by atoms with van der Waals surface area (Å²) >= 11 is 0. The van der Waals surface area contributed by atoms with Gasteiger partial charge in [0.05, 0.1) is 25.7 Å². The molecule has 2 aliphatic heterocycles. The Morgan fingerprint density at radius 1 is 1.25 bits per heavy atom. The van der Waals surface area contributed by atoms with E-state index >= 15 is 0 Å². The van der Waals surface area contributed by atoms with E-state index in [4.69, 9.17) is 9.15 Å².